The summed E-state index contributed by atoms with van der Waals surface area (Å²) in [5.41, 5.74) is 2.93. The number of nitrogens with two attached hydrogens (primary N) is 1. The Balaban J connectivity index is 2.15. The van der Waals surface area contributed by atoms with Crippen molar-refractivity contribution >= 4 is 38.2 Å². The normalized spacial score (nSPS) is 10.2. The van der Waals surface area contributed by atoms with Crippen LogP contribution in [0.15, 0.2) is 22.7 Å². The first-order valence-electron chi connectivity index (χ1n) is 4.96. The first-order valence-corrected chi connectivity index (χ1v) is 6.53. The van der Waals surface area contributed by atoms with Gasteiger partial charge in [0.05, 0.1) is 15.5 Å². The molecule has 2 aromatic rings. The number of hydrazine groups is 1. The lowest BCUT2D eigenvalue weighted by Crippen LogP contribution is -2.08. The Bertz CT molecular complexity index is 605. The van der Waals surface area contributed by atoms with Crippen molar-refractivity contribution in [1.82, 2.24) is 9.59 Å². The number of halogens is 1. The van der Waals surface area contributed by atoms with Crippen molar-refractivity contribution in [2.24, 2.45) is 5.84 Å². The molecule has 0 aliphatic rings. The molecule has 0 amide bonds. The van der Waals surface area contributed by atoms with Gasteiger partial charge in [0.1, 0.15) is 18.1 Å². The van der Waals surface area contributed by atoms with Crippen molar-refractivity contribution in [1.29, 1.82) is 0 Å². The van der Waals surface area contributed by atoms with Gasteiger partial charge in [0, 0.05) is 17.6 Å². The fourth-order valence-corrected chi connectivity index (χ4v) is 2.11. The molecule has 0 atom stereocenters. The van der Waals surface area contributed by atoms with Crippen LogP contribution in [0.3, 0.4) is 0 Å². The van der Waals surface area contributed by atoms with Gasteiger partial charge in [-0.05, 0) is 22.0 Å². The minimum absolute atomic E-state index is 0.0493. The highest BCUT2D eigenvalue weighted by atomic mass is 79.9. The van der Waals surface area contributed by atoms with E-state index in [-0.39, 0.29) is 12.3 Å². The molecule has 1 aromatic carbocycles. The lowest BCUT2D eigenvalue weighted by molar-refractivity contribution is -0.385. The summed E-state index contributed by atoms with van der Waals surface area (Å²) in [6.45, 7) is 0.107. The number of nitrogens with one attached hydrogen (secondary N) is 1. The molecular weight excluding hydrogens is 338 g/mol. The molecular formula is C9H8BrN5O3S. The van der Waals surface area contributed by atoms with Crippen LogP contribution >= 0.6 is 27.5 Å². The highest BCUT2D eigenvalue weighted by Gasteiger charge is 2.12. The van der Waals surface area contributed by atoms with Gasteiger partial charge in [-0.15, -0.1) is 5.10 Å². The Morgan fingerprint density at radius 2 is 2.37 bits per heavy atom. The molecule has 19 heavy (non-hydrogen) atoms. The molecule has 0 bridgehead atoms. The standard InChI is InChI=1S/C9H8BrN5O3S/c10-6-2-1-5(15(16)17)3-8(6)18-4-7-9(12-11)19-14-13-7/h1-3,12H,4,11H2. The number of benzene rings is 1. The molecule has 0 fully saturated rings. The molecule has 100 valence electrons. The maximum absolute atomic E-state index is 10.7. The molecule has 3 N–H and O–H groups in total. The Morgan fingerprint density at radius 1 is 1.58 bits per heavy atom. The number of aromatic nitrogens is 2. The highest BCUT2D eigenvalue weighted by Crippen LogP contribution is 2.30. The Hall–Kier alpha value is -1.78. The second-order valence-electron chi connectivity index (χ2n) is 3.35. The number of nitro groups is 1. The fraction of sp³-hybridized carbons (Fsp3) is 0.111. The molecule has 0 saturated heterocycles. The average molecular weight is 346 g/mol. The maximum Gasteiger partial charge on any atom is 0.273 e. The van der Waals surface area contributed by atoms with Gasteiger partial charge in [0.2, 0.25) is 0 Å². The second-order valence-corrected chi connectivity index (χ2v) is 4.96. The minimum atomic E-state index is -0.490. The molecule has 0 spiro atoms. The smallest absolute Gasteiger partial charge is 0.273 e. The van der Waals surface area contributed by atoms with Crippen molar-refractivity contribution in [2.45, 2.75) is 6.61 Å². The van der Waals surface area contributed by atoms with E-state index in [4.69, 9.17) is 10.6 Å². The van der Waals surface area contributed by atoms with Crippen molar-refractivity contribution in [2.75, 3.05) is 5.43 Å². The second kappa shape index (κ2) is 5.91. The van der Waals surface area contributed by atoms with Crippen molar-refractivity contribution in [3.63, 3.8) is 0 Å². The van der Waals surface area contributed by atoms with Crippen LogP contribution in [0.25, 0.3) is 0 Å². The molecule has 8 nitrogen and oxygen atoms in total. The summed E-state index contributed by atoms with van der Waals surface area (Å²) in [5, 5.41) is 15.1. The summed E-state index contributed by atoms with van der Waals surface area (Å²) in [4.78, 5) is 10.2. The number of hydrogen-bond acceptors (Lipinski definition) is 8. The van der Waals surface area contributed by atoms with Crippen LogP contribution in [-0.4, -0.2) is 14.5 Å². The van der Waals surface area contributed by atoms with Crippen LogP contribution in [0.1, 0.15) is 5.69 Å². The maximum atomic E-state index is 10.7. The Kier molecular flexibility index (Phi) is 4.24. The van der Waals surface area contributed by atoms with Gasteiger partial charge in [0.15, 0.2) is 5.00 Å². The summed E-state index contributed by atoms with van der Waals surface area (Å²) in [7, 11) is 0. The molecule has 1 heterocycles. The van der Waals surface area contributed by atoms with E-state index in [1.807, 2.05) is 0 Å². The lowest BCUT2D eigenvalue weighted by Gasteiger charge is -2.07. The topological polar surface area (TPSA) is 116 Å². The summed E-state index contributed by atoms with van der Waals surface area (Å²) in [6, 6.07) is 4.27. The van der Waals surface area contributed by atoms with E-state index in [1.165, 1.54) is 12.1 Å². The average Bonchev–Trinajstić information content (AvgIpc) is 2.85. The van der Waals surface area contributed by atoms with Crippen LogP contribution < -0.4 is 16.0 Å². The third-order valence-corrected chi connectivity index (χ3v) is 3.53. The van der Waals surface area contributed by atoms with E-state index in [1.54, 1.807) is 6.07 Å². The Morgan fingerprint density at radius 3 is 3.05 bits per heavy atom. The number of nitro benzene ring substituents is 1. The van der Waals surface area contributed by atoms with Gasteiger partial charge in [-0.2, -0.15) is 0 Å². The van der Waals surface area contributed by atoms with Crippen LogP contribution in [0, 0.1) is 10.1 Å². The van der Waals surface area contributed by atoms with Crippen LogP contribution in [-0.2, 0) is 6.61 Å². The zero-order chi connectivity index (χ0) is 13.8. The van der Waals surface area contributed by atoms with Gasteiger partial charge in [0.25, 0.3) is 5.69 Å². The van der Waals surface area contributed by atoms with Crippen LogP contribution in [0.2, 0.25) is 0 Å². The number of anilines is 1. The molecule has 1 aromatic heterocycles. The third kappa shape index (κ3) is 3.16. The van der Waals surface area contributed by atoms with Gasteiger partial charge < -0.3 is 10.2 Å². The number of non-ortho nitro benzene ring substituents is 1. The predicted molar refractivity (Wildman–Crippen MR) is 72.8 cm³/mol. The summed E-state index contributed by atoms with van der Waals surface area (Å²) in [5.74, 6) is 5.64. The van der Waals surface area contributed by atoms with E-state index in [2.05, 4.69) is 30.9 Å². The van der Waals surface area contributed by atoms with Gasteiger partial charge >= 0.3 is 0 Å². The first-order chi connectivity index (χ1) is 9.11. The van der Waals surface area contributed by atoms with E-state index >= 15 is 0 Å². The number of rotatable bonds is 5. The van der Waals surface area contributed by atoms with Gasteiger partial charge in [-0.3, -0.25) is 10.1 Å². The largest absolute Gasteiger partial charge is 0.486 e. The highest BCUT2D eigenvalue weighted by molar-refractivity contribution is 9.10. The summed E-state index contributed by atoms with van der Waals surface area (Å²) >= 11 is 4.36. The zero-order valence-corrected chi connectivity index (χ0v) is 11.8. The number of nitrogen functional groups attached to an aromatic ring is 1. The quantitative estimate of drug-likeness (QED) is 0.484. The molecule has 10 heteroatoms. The van der Waals surface area contributed by atoms with Crippen LogP contribution in [0.4, 0.5) is 10.7 Å². The third-order valence-electron chi connectivity index (χ3n) is 2.18. The van der Waals surface area contributed by atoms with Crippen molar-refractivity contribution in [3.05, 3.63) is 38.5 Å². The zero-order valence-electron chi connectivity index (χ0n) is 9.37. The molecule has 0 aliphatic heterocycles. The summed E-state index contributed by atoms with van der Waals surface area (Å²) in [6.07, 6.45) is 0. The molecule has 0 unspecified atom stereocenters. The Labute approximate surface area is 120 Å². The van der Waals surface area contributed by atoms with E-state index in [0.29, 0.717) is 20.9 Å². The number of ether oxygens (including phenoxy) is 1. The lowest BCUT2D eigenvalue weighted by atomic mass is 10.3. The molecule has 0 radical (unpaired) electrons. The van der Waals surface area contributed by atoms with Gasteiger partial charge in [-0.25, -0.2) is 5.84 Å². The van der Waals surface area contributed by atoms with E-state index < -0.39 is 4.92 Å². The van der Waals surface area contributed by atoms with Crippen molar-refractivity contribution in [3.8, 4) is 5.75 Å². The summed E-state index contributed by atoms with van der Waals surface area (Å²) < 4.78 is 9.81. The fourth-order valence-electron chi connectivity index (χ4n) is 1.28. The minimum Gasteiger partial charge on any atom is -0.486 e. The number of nitrogens with zero attached hydrogens (tertiary/aromatic N) is 3. The van der Waals surface area contributed by atoms with Crippen molar-refractivity contribution < 1.29 is 9.66 Å². The van der Waals surface area contributed by atoms with Crippen LogP contribution in [0.5, 0.6) is 5.75 Å². The number of hydrogen-bond donors (Lipinski definition) is 2. The SMILES string of the molecule is NNc1snnc1COc1cc([N+](=O)[O-])ccc1Br. The van der Waals surface area contributed by atoms with E-state index in [0.717, 1.165) is 11.5 Å². The molecule has 2 rings (SSSR count). The monoisotopic (exact) mass is 345 g/mol. The molecule has 0 saturated carbocycles. The van der Waals surface area contributed by atoms with E-state index in [9.17, 15) is 10.1 Å². The predicted octanol–water partition coefficient (Wildman–Crippen LogP) is 2.07. The first kappa shape index (κ1) is 13.6. The molecule has 0 aliphatic carbocycles. The van der Waals surface area contributed by atoms with Gasteiger partial charge in [-0.1, -0.05) is 4.49 Å².